The standard InChI is InChI=1S/C13H15NO3/c1-3-8-13(17-2)11(15)9-6-4-5-7-10(9)14-12(13)16/h4-7H,3,8H2,1-2H3,(H,14,16). The van der Waals surface area contributed by atoms with Gasteiger partial charge in [-0.05, 0) is 18.6 Å². The maximum Gasteiger partial charge on any atom is 0.264 e. The number of carbonyl (C=O) groups excluding carboxylic acids is 2. The Morgan fingerprint density at radius 2 is 2.00 bits per heavy atom. The molecule has 1 aliphatic rings. The maximum atomic E-state index is 12.4. The van der Waals surface area contributed by atoms with Crippen LogP contribution in [0.15, 0.2) is 24.3 Å². The van der Waals surface area contributed by atoms with Gasteiger partial charge in [-0.1, -0.05) is 25.5 Å². The number of hydrogen-bond acceptors (Lipinski definition) is 3. The van der Waals surface area contributed by atoms with Gasteiger partial charge in [-0.25, -0.2) is 0 Å². The van der Waals surface area contributed by atoms with Crippen LogP contribution in [0.5, 0.6) is 0 Å². The van der Waals surface area contributed by atoms with Gasteiger partial charge in [-0.15, -0.1) is 0 Å². The predicted molar refractivity (Wildman–Crippen MR) is 64.1 cm³/mol. The molecule has 1 unspecified atom stereocenters. The molecule has 2 rings (SSSR count). The van der Waals surface area contributed by atoms with Gasteiger partial charge >= 0.3 is 0 Å². The number of para-hydroxylation sites is 1. The molecule has 0 saturated carbocycles. The van der Waals surface area contributed by atoms with Crippen LogP contribution in [-0.4, -0.2) is 24.4 Å². The van der Waals surface area contributed by atoms with Gasteiger partial charge in [0.25, 0.3) is 5.91 Å². The van der Waals surface area contributed by atoms with Crippen molar-refractivity contribution in [3.05, 3.63) is 29.8 Å². The number of rotatable bonds is 3. The van der Waals surface area contributed by atoms with Crippen molar-refractivity contribution in [3.63, 3.8) is 0 Å². The Morgan fingerprint density at radius 3 is 2.65 bits per heavy atom. The topological polar surface area (TPSA) is 55.4 Å². The molecule has 4 nitrogen and oxygen atoms in total. The lowest BCUT2D eigenvalue weighted by molar-refractivity contribution is -0.133. The third-order valence-electron chi connectivity index (χ3n) is 3.10. The summed E-state index contributed by atoms with van der Waals surface area (Å²) in [7, 11) is 1.40. The summed E-state index contributed by atoms with van der Waals surface area (Å²) in [5, 5.41) is 2.73. The molecule has 1 aliphatic heterocycles. The first kappa shape index (κ1) is 11.8. The van der Waals surface area contributed by atoms with Crippen molar-refractivity contribution in [2.24, 2.45) is 0 Å². The average molecular weight is 233 g/mol. The molecule has 1 heterocycles. The van der Waals surface area contributed by atoms with Crippen LogP contribution in [-0.2, 0) is 9.53 Å². The molecule has 0 aliphatic carbocycles. The molecule has 1 atom stereocenters. The van der Waals surface area contributed by atoms with Crippen LogP contribution in [0.25, 0.3) is 0 Å². The van der Waals surface area contributed by atoms with Gasteiger partial charge < -0.3 is 10.1 Å². The number of hydrogen-bond donors (Lipinski definition) is 1. The monoisotopic (exact) mass is 233 g/mol. The Balaban J connectivity index is 2.52. The lowest BCUT2D eigenvalue weighted by Gasteiger charge is -2.33. The molecule has 1 N–H and O–H groups in total. The molecular weight excluding hydrogens is 218 g/mol. The number of ketones is 1. The van der Waals surface area contributed by atoms with E-state index >= 15 is 0 Å². The molecule has 1 aromatic carbocycles. The molecule has 17 heavy (non-hydrogen) atoms. The van der Waals surface area contributed by atoms with E-state index in [0.717, 1.165) is 0 Å². The van der Waals surface area contributed by atoms with E-state index in [1.807, 2.05) is 6.92 Å². The van der Waals surface area contributed by atoms with Gasteiger partial charge in [-0.2, -0.15) is 0 Å². The van der Waals surface area contributed by atoms with Crippen LogP contribution in [0, 0.1) is 0 Å². The van der Waals surface area contributed by atoms with E-state index in [-0.39, 0.29) is 11.7 Å². The van der Waals surface area contributed by atoms with Crippen molar-refractivity contribution in [2.45, 2.75) is 25.4 Å². The highest BCUT2D eigenvalue weighted by molar-refractivity contribution is 6.26. The summed E-state index contributed by atoms with van der Waals surface area (Å²) in [5.41, 5.74) is -0.281. The Morgan fingerprint density at radius 1 is 1.29 bits per heavy atom. The molecule has 0 spiro atoms. The van der Waals surface area contributed by atoms with E-state index in [1.54, 1.807) is 24.3 Å². The fourth-order valence-electron chi connectivity index (χ4n) is 2.20. The Labute approximate surface area is 100.0 Å². The number of benzene rings is 1. The zero-order valence-electron chi connectivity index (χ0n) is 9.95. The smallest absolute Gasteiger partial charge is 0.264 e. The predicted octanol–water partition coefficient (Wildman–Crippen LogP) is 2.01. The minimum atomic E-state index is -1.36. The Bertz CT molecular complexity index is 469. The van der Waals surface area contributed by atoms with Crippen molar-refractivity contribution >= 4 is 17.4 Å². The molecule has 0 radical (unpaired) electrons. The normalized spacial score (nSPS) is 23.2. The second kappa shape index (κ2) is 4.30. The number of amides is 1. The van der Waals surface area contributed by atoms with Gasteiger partial charge in [0.1, 0.15) is 0 Å². The van der Waals surface area contributed by atoms with Crippen LogP contribution >= 0.6 is 0 Å². The molecule has 4 heteroatoms. The van der Waals surface area contributed by atoms with Crippen molar-refractivity contribution in [1.82, 2.24) is 0 Å². The van der Waals surface area contributed by atoms with Gasteiger partial charge in [0.2, 0.25) is 11.4 Å². The number of methoxy groups -OCH3 is 1. The molecule has 0 fully saturated rings. The molecule has 1 aromatic rings. The molecule has 0 bridgehead atoms. The molecule has 0 aromatic heterocycles. The van der Waals surface area contributed by atoms with Crippen molar-refractivity contribution in [2.75, 3.05) is 12.4 Å². The zero-order valence-corrected chi connectivity index (χ0v) is 9.95. The zero-order chi connectivity index (χ0) is 12.5. The lowest BCUT2D eigenvalue weighted by atomic mass is 9.84. The largest absolute Gasteiger partial charge is 0.361 e. The van der Waals surface area contributed by atoms with Crippen LogP contribution in [0.2, 0.25) is 0 Å². The summed E-state index contributed by atoms with van der Waals surface area (Å²) in [6, 6.07) is 6.99. The molecule has 1 amide bonds. The van der Waals surface area contributed by atoms with Crippen LogP contribution in [0.4, 0.5) is 5.69 Å². The first-order chi connectivity index (χ1) is 8.15. The summed E-state index contributed by atoms with van der Waals surface area (Å²) >= 11 is 0. The molecule has 90 valence electrons. The first-order valence-corrected chi connectivity index (χ1v) is 5.66. The first-order valence-electron chi connectivity index (χ1n) is 5.66. The number of nitrogens with one attached hydrogen (secondary N) is 1. The number of Topliss-reactive ketones (excluding diaryl/α,β-unsaturated/α-hetero) is 1. The van der Waals surface area contributed by atoms with Gasteiger partial charge in [0.05, 0.1) is 5.69 Å². The quantitative estimate of drug-likeness (QED) is 0.812. The summed E-state index contributed by atoms with van der Waals surface area (Å²) in [6.07, 6.45) is 1.09. The number of anilines is 1. The highest BCUT2D eigenvalue weighted by Gasteiger charge is 2.49. The third kappa shape index (κ3) is 1.65. The van der Waals surface area contributed by atoms with Crippen LogP contribution < -0.4 is 5.32 Å². The summed E-state index contributed by atoms with van der Waals surface area (Å²) in [6.45, 7) is 1.92. The van der Waals surface area contributed by atoms with Gasteiger partial charge in [-0.3, -0.25) is 9.59 Å². The average Bonchev–Trinajstić information content (AvgIpc) is 2.34. The number of ether oxygens (including phenoxy) is 1. The third-order valence-corrected chi connectivity index (χ3v) is 3.10. The van der Waals surface area contributed by atoms with E-state index < -0.39 is 5.60 Å². The SMILES string of the molecule is CCCC1(OC)C(=O)Nc2ccccc2C1=O. The van der Waals surface area contributed by atoms with E-state index in [1.165, 1.54) is 7.11 Å². The van der Waals surface area contributed by atoms with E-state index in [4.69, 9.17) is 4.74 Å². The van der Waals surface area contributed by atoms with Crippen molar-refractivity contribution in [1.29, 1.82) is 0 Å². The molecular formula is C13H15NO3. The summed E-state index contributed by atoms with van der Waals surface area (Å²) in [4.78, 5) is 24.4. The molecule has 0 saturated heterocycles. The number of carbonyl (C=O) groups is 2. The Kier molecular flexibility index (Phi) is 2.98. The van der Waals surface area contributed by atoms with E-state index in [0.29, 0.717) is 24.1 Å². The van der Waals surface area contributed by atoms with Crippen molar-refractivity contribution in [3.8, 4) is 0 Å². The van der Waals surface area contributed by atoms with Gasteiger partial charge in [0, 0.05) is 12.7 Å². The summed E-state index contributed by atoms with van der Waals surface area (Å²) in [5.74, 6) is -0.619. The minimum absolute atomic E-state index is 0.249. The minimum Gasteiger partial charge on any atom is -0.361 e. The second-order valence-electron chi connectivity index (χ2n) is 4.11. The highest BCUT2D eigenvalue weighted by Crippen LogP contribution is 2.32. The highest BCUT2D eigenvalue weighted by atomic mass is 16.5. The summed E-state index contributed by atoms with van der Waals surface area (Å²) < 4.78 is 5.24. The van der Waals surface area contributed by atoms with E-state index in [2.05, 4.69) is 5.32 Å². The lowest BCUT2D eigenvalue weighted by Crippen LogP contribution is -2.54. The maximum absolute atomic E-state index is 12.4. The second-order valence-corrected chi connectivity index (χ2v) is 4.11. The number of fused-ring (bicyclic) bond motifs is 1. The van der Waals surface area contributed by atoms with Crippen LogP contribution in [0.1, 0.15) is 30.1 Å². The fourth-order valence-corrected chi connectivity index (χ4v) is 2.20. The van der Waals surface area contributed by atoms with E-state index in [9.17, 15) is 9.59 Å². The van der Waals surface area contributed by atoms with Crippen molar-refractivity contribution < 1.29 is 14.3 Å². The Hall–Kier alpha value is -1.68. The van der Waals surface area contributed by atoms with Crippen LogP contribution in [0.3, 0.4) is 0 Å². The fraction of sp³-hybridized carbons (Fsp3) is 0.385. The van der Waals surface area contributed by atoms with Gasteiger partial charge in [0.15, 0.2) is 0 Å².